The molecule has 126 valence electrons. The van der Waals surface area contributed by atoms with Crippen molar-refractivity contribution in [3.8, 4) is 5.75 Å². The van der Waals surface area contributed by atoms with E-state index < -0.39 is 23.4 Å². The highest BCUT2D eigenvalue weighted by molar-refractivity contribution is 5.77. The van der Waals surface area contributed by atoms with Crippen LogP contribution < -0.4 is 10.1 Å². The average Bonchev–Trinajstić information content (AvgIpc) is 2.47. The van der Waals surface area contributed by atoms with Crippen molar-refractivity contribution in [3.63, 3.8) is 0 Å². The van der Waals surface area contributed by atoms with Crippen molar-refractivity contribution >= 4 is 6.03 Å². The fourth-order valence-electron chi connectivity index (χ4n) is 3.34. The van der Waals surface area contributed by atoms with Gasteiger partial charge in [-0.25, -0.2) is 13.6 Å². The molecule has 0 radical (unpaired) electrons. The van der Waals surface area contributed by atoms with Crippen LogP contribution in [-0.2, 0) is 4.74 Å². The number of urea groups is 1. The monoisotopic (exact) mass is 326 g/mol. The second kappa shape index (κ2) is 5.63. The van der Waals surface area contributed by atoms with Gasteiger partial charge in [0.15, 0.2) is 11.6 Å². The van der Waals surface area contributed by atoms with E-state index >= 15 is 0 Å². The molecule has 1 aromatic rings. The Hall–Kier alpha value is -1.89. The molecule has 2 atom stereocenters. The predicted octanol–water partition coefficient (Wildman–Crippen LogP) is 2.81. The van der Waals surface area contributed by atoms with Crippen LogP contribution in [0.4, 0.5) is 13.6 Å². The maximum Gasteiger partial charge on any atom is 0.321 e. The van der Waals surface area contributed by atoms with E-state index in [0.29, 0.717) is 13.0 Å². The molecule has 0 spiro atoms. The molecule has 2 amide bonds. The van der Waals surface area contributed by atoms with Crippen molar-refractivity contribution in [3.05, 3.63) is 29.3 Å². The van der Waals surface area contributed by atoms with Gasteiger partial charge >= 0.3 is 6.03 Å². The van der Waals surface area contributed by atoms with Gasteiger partial charge in [-0.05, 0) is 18.1 Å². The summed E-state index contributed by atoms with van der Waals surface area (Å²) in [6.07, 6.45) is 0.298. The summed E-state index contributed by atoms with van der Waals surface area (Å²) in [7, 11) is 1.52. The number of benzene rings is 1. The lowest BCUT2D eigenvalue weighted by molar-refractivity contribution is -0.138. The molecule has 2 aliphatic heterocycles. The molecule has 0 aromatic heterocycles. The van der Waals surface area contributed by atoms with Crippen LogP contribution in [-0.4, -0.2) is 36.9 Å². The number of rotatable bonds is 4. The largest absolute Gasteiger partial charge is 0.465 e. The smallest absolute Gasteiger partial charge is 0.321 e. The van der Waals surface area contributed by atoms with Gasteiger partial charge in [0.2, 0.25) is 5.72 Å². The summed E-state index contributed by atoms with van der Waals surface area (Å²) in [6.45, 7) is 4.61. The van der Waals surface area contributed by atoms with Crippen molar-refractivity contribution in [1.29, 1.82) is 0 Å². The molecule has 5 nitrogen and oxygen atoms in total. The van der Waals surface area contributed by atoms with Gasteiger partial charge in [0, 0.05) is 20.1 Å². The van der Waals surface area contributed by atoms with Crippen LogP contribution in [0, 0.1) is 17.6 Å². The molecule has 1 fully saturated rings. The number of halogens is 2. The topological polar surface area (TPSA) is 50.8 Å². The minimum atomic E-state index is -1.01. The third-order valence-corrected chi connectivity index (χ3v) is 4.22. The molecule has 1 N–H and O–H groups in total. The third-order valence-electron chi connectivity index (χ3n) is 4.22. The lowest BCUT2D eigenvalue weighted by Gasteiger charge is -2.52. The lowest BCUT2D eigenvalue weighted by Crippen LogP contribution is -2.68. The fourth-order valence-corrected chi connectivity index (χ4v) is 3.34. The normalized spacial score (nSPS) is 25.9. The number of carbonyl (C=O) groups is 1. The fraction of sp³-hybridized carbons (Fsp3) is 0.562. The summed E-state index contributed by atoms with van der Waals surface area (Å²) < 4.78 is 39.0. The Labute approximate surface area is 133 Å². The molecular formula is C16H20F2N2O3. The van der Waals surface area contributed by atoms with E-state index in [0.717, 1.165) is 6.07 Å². The van der Waals surface area contributed by atoms with Crippen LogP contribution in [0.15, 0.2) is 12.1 Å². The Kier molecular flexibility index (Phi) is 3.91. The van der Waals surface area contributed by atoms with Crippen molar-refractivity contribution in [2.75, 3.05) is 20.3 Å². The number of amides is 2. The number of ether oxygens (including phenoxy) is 2. The predicted molar refractivity (Wildman–Crippen MR) is 79.0 cm³/mol. The Balaban J connectivity index is 2.08. The molecule has 0 aliphatic carbocycles. The zero-order chi connectivity index (χ0) is 16.8. The highest BCUT2D eigenvalue weighted by Gasteiger charge is 2.53. The van der Waals surface area contributed by atoms with Crippen molar-refractivity contribution in [1.82, 2.24) is 10.2 Å². The molecular weight excluding hydrogens is 306 g/mol. The first-order valence-corrected chi connectivity index (χ1v) is 7.62. The van der Waals surface area contributed by atoms with E-state index in [2.05, 4.69) is 5.32 Å². The highest BCUT2D eigenvalue weighted by Crippen LogP contribution is 2.45. The van der Waals surface area contributed by atoms with Crippen molar-refractivity contribution < 1.29 is 23.0 Å². The van der Waals surface area contributed by atoms with Crippen molar-refractivity contribution in [2.45, 2.75) is 32.0 Å². The Morgan fingerprint density at radius 2 is 2.22 bits per heavy atom. The van der Waals surface area contributed by atoms with Gasteiger partial charge in [0.05, 0.1) is 11.6 Å². The van der Waals surface area contributed by atoms with Gasteiger partial charge in [-0.3, -0.25) is 4.90 Å². The molecule has 7 heteroatoms. The number of nitrogens with one attached hydrogen (secondary N) is 1. The average molecular weight is 326 g/mol. The molecule has 23 heavy (non-hydrogen) atoms. The molecule has 0 saturated carbocycles. The van der Waals surface area contributed by atoms with E-state index in [4.69, 9.17) is 9.47 Å². The Morgan fingerprint density at radius 3 is 2.87 bits per heavy atom. The van der Waals surface area contributed by atoms with E-state index in [9.17, 15) is 13.6 Å². The number of hydrogen-bond acceptors (Lipinski definition) is 3. The minimum Gasteiger partial charge on any atom is -0.465 e. The number of hydrogen-bond donors (Lipinski definition) is 1. The van der Waals surface area contributed by atoms with Crippen LogP contribution in [0.2, 0.25) is 0 Å². The molecule has 1 aromatic carbocycles. The summed E-state index contributed by atoms with van der Waals surface area (Å²) >= 11 is 0. The number of fused-ring (bicyclic) bond motifs is 4. The lowest BCUT2D eigenvalue weighted by atomic mass is 9.89. The molecule has 2 unspecified atom stereocenters. The standard InChI is InChI=1S/C16H20F2N2O3/c1-9(2)7-20-15(21)19-11-6-16(20,8-22-3)23-12-5-4-10(17)14(18)13(11)12/h4-5,9,11H,6-8H2,1-3H3,(H,19,21). The Bertz CT molecular complexity index is 638. The summed E-state index contributed by atoms with van der Waals surface area (Å²) in [5.41, 5.74) is -0.946. The van der Waals surface area contributed by atoms with Crippen LogP contribution in [0.5, 0.6) is 5.75 Å². The second-order valence-electron chi connectivity index (χ2n) is 6.47. The maximum absolute atomic E-state index is 14.2. The van der Waals surface area contributed by atoms with E-state index in [1.807, 2.05) is 13.8 Å². The van der Waals surface area contributed by atoms with Gasteiger partial charge in [-0.15, -0.1) is 0 Å². The number of methoxy groups -OCH3 is 1. The van der Waals surface area contributed by atoms with E-state index in [-0.39, 0.29) is 29.9 Å². The van der Waals surface area contributed by atoms with Gasteiger partial charge < -0.3 is 14.8 Å². The van der Waals surface area contributed by atoms with Crippen molar-refractivity contribution in [2.24, 2.45) is 5.92 Å². The van der Waals surface area contributed by atoms with Crippen LogP contribution in [0.3, 0.4) is 0 Å². The number of carbonyl (C=O) groups excluding carboxylic acids is 1. The van der Waals surface area contributed by atoms with E-state index in [1.165, 1.54) is 13.2 Å². The van der Waals surface area contributed by atoms with Gasteiger partial charge in [-0.2, -0.15) is 0 Å². The summed E-state index contributed by atoms with van der Waals surface area (Å²) in [5, 5.41) is 2.76. The third kappa shape index (κ3) is 2.52. The molecule has 1 saturated heterocycles. The summed E-state index contributed by atoms with van der Waals surface area (Å²) in [5.74, 6) is -1.46. The zero-order valence-electron chi connectivity index (χ0n) is 13.4. The minimum absolute atomic E-state index is 0.0641. The molecule has 3 rings (SSSR count). The van der Waals surface area contributed by atoms with Gasteiger partial charge in [0.1, 0.15) is 12.4 Å². The Morgan fingerprint density at radius 1 is 1.48 bits per heavy atom. The van der Waals surface area contributed by atoms with Gasteiger partial charge in [-0.1, -0.05) is 13.8 Å². The first-order chi connectivity index (χ1) is 10.9. The van der Waals surface area contributed by atoms with Gasteiger partial charge in [0.25, 0.3) is 0 Å². The quantitative estimate of drug-likeness (QED) is 0.926. The molecule has 2 bridgehead atoms. The maximum atomic E-state index is 14.2. The molecule has 2 heterocycles. The first kappa shape index (κ1) is 16.0. The SMILES string of the molecule is COCC12CC(NC(=O)N1CC(C)C)c1c(ccc(F)c1F)O2. The van der Waals surface area contributed by atoms with Crippen LogP contribution in [0.25, 0.3) is 0 Å². The number of nitrogens with zero attached hydrogens (tertiary/aromatic N) is 1. The van der Waals surface area contributed by atoms with E-state index in [1.54, 1.807) is 4.90 Å². The molecule has 2 aliphatic rings. The van der Waals surface area contributed by atoms with Crippen LogP contribution >= 0.6 is 0 Å². The first-order valence-electron chi connectivity index (χ1n) is 7.62. The highest BCUT2D eigenvalue weighted by atomic mass is 19.2. The second-order valence-corrected chi connectivity index (χ2v) is 6.47. The zero-order valence-corrected chi connectivity index (χ0v) is 13.4. The summed E-state index contributed by atoms with van der Waals surface area (Å²) in [6, 6.07) is 1.43. The summed E-state index contributed by atoms with van der Waals surface area (Å²) in [4.78, 5) is 14.1. The van der Waals surface area contributed by atoms with Crippen LogP contribution in [0.1, 0.15) is 31.9 Å².